The van der Waals surface area contributed by atoms with Crippen molar-refractivity contribution in [3.05, 3.63) is 29.8 Å². The highest BCUT2D eigenvalue weighted by molar-refractivity contribution is 5.77. The van der Waals surface area contributed by atoms with Gasteiger partial charge in [0.25, 0.3) is 0 Å². The predicted octanol–water partition coefficient (Wildman–Crippen LogP) is 2.39. The molecule has 0 aliphatic heterocycles. The minimum atomic E-state index is -0.887. The fraction of sp³-hybridized carbons (Fsp3) is 0.500. The van der Waals surface area contributed by atoms with Gasteiger partial charge in [-0.05, 0) is 30.5 Å². The molecule has 1 atom stereocenters. The smallest absolute Gasteiger partial charge is 0.305 e. The number of carbonyl (C=O) groups is 2. The molecule has 0 spiro atoms. The van der Waals surface area contributed by atoms with Crippen molar-refractivity contribution in [2.75, 3.05) is 7.11 Å². The number of nitrogens with one attached hydrogen (secondary N) is 1. The molecule has 1 unspecified atom stereocenters. The Morgan fingerprint density at radius 2 is 2.14 bits per heavy atom. The van der Waals surface area contributed by atoms with E-state index in [0.29, 0.717) is 19.3 Å². The summed E-state index contributed by atoms with van der Waals surface area (Å²) in [5.41, 5.74) is 1.02. The van der Waals surface area contributed by atoms with E-state index in [0.717, 1.165) is 17.7 Å². The molecule has 5 heteroatoms. The first-order valence-electron chi connectivity index (χ1n) is 7.19. The largest absolute Gasteiger partial charge is 0.497 e. The van der Waals surface area contributed by atoms with Gasteiger partial charge in [-0.2, -0.15) is 0 Å². The van der Waals surface area contributed by atoms with E-state index in [1.54, 1.807) is 7.11 Å². The molecule has 0 saturated carbocycles. The second kappa shape index (κ2) is 9.00. The van der Waals surface area contributed by atoms with Gasteiger partial charge in [0.15, 0.2) is 0 Å². The van der Waals surface area contributed by atoms with E-state index in [1.165, 1.54) is 0 Å². The summed E-state index contributed by atoms with van der Waals surface area (Å²) >= 11 is 0. The highest BCUT2D eigenvalue weighted by Gasteiger charge is 2.15. The van der Waals surface area contributed by atoms with E-state index >= 15 is 0 Å². The Labute approximate surface area is 125 Å². The van der Waals surface area contributed by atoms with Crippen LogP contribution in [0.2, 0.25) is 0 Å². The highest BCUT2D eigenvalue weighted by Crippen LogP contribution is 2.14. The number of ether oxygens (including phenoxy) is 1. The summed E-state index contributed by atoms with van der Waals surface area (Å²) in [6, 6.07) is 7.29. The lowest BCUT2D eigenvalue weighted by atomic mass is 10.1. The predicted molar refractivity (Wildman–Crippen MR) is 80.4 cm³/mol. The number of hydrogen-bond donors (Lipinski definition) is 2. The van der Waals surface area contributed by atoms with Gasteiger partial charge in [0.2, 0.25) is 5.91 Å². The number of aliphatic carboxylic acids is 1. The SMILES string of the molecule is CCCC(CC(=O)O)NC(=O)CCc1cccc(OC)c1. The Morgan fingerprint density at radius 3 is 2.76 bits per heavy atom. The lowest BCUT2D eigenvalue weighted by Crippen LogP contribution is -2.36. The van der Waals surface area contributed by atoms with Crippen LogP contribution in [0.4, 0.5) is 0 Å². The van der Waals surface area contributed by atoms with Crippen LogP contribution in [0.15, 0.2) is 24.3 Å². The molecule has 1 amide bonds. The fourth-order valence-electron chi connectivity index (χ4n) is 2.17. The maximum Gasteiger partial charge on any atom is 0.305 e. The second-order valence-electron chi connectivity index (χ2n) is 5.00. The first-order valence-corrected chi connectivity index (χ1v) is 7.19. The number of methoxy groups -OCH3 is 1. The van der Waals surface area contributed by atoms with Crippen molar-refractivity contribution >= 4 is 11.9 Å². The van der Waals surface area contributed by atoms with Crippen molar-refractivity contribution in [1.82, 2.24) is 5.32 Å². The van der Waals surface area contributed by atoms with Gasteiger partial charge in [-0.15, -0.1) is 0 Å². The Morgan fingerprint density at radius 1 is 1.38 bits per heavy atom. The van der Waals surface area contributed by atoms with Gasteiger partial charge in [-0.1, -0.05) is 25.5 Å². The van der Waals surface area contributed by atoms with Crippen molar-refractivity contribution in [3.63, 3.8) is 0 Å². The number of rotatable bonds is 9. The van der Waals surface area contributed by atoms with E-state index in [9.17, 15) is 9.59 Å². The van der Waals surface area contributed by atoms with Gasteiger partial charge < -0.3 is 15.2 Å². The van der Waals surface area contributed by atoms with E-state index in [2.05, 4.69) is 5.32 Å². The van der Waals surface area contributed by atoms with Crippen molar-refractivity contribution in [2.24, 2.45) is 0 Å². The highest BCUT2D eigenvalue weighted by atomic mass is 16.5. The van der Waals surface area contributed by atoms with E-state index in [-0.39, 0.29) is 18.4 Å². The molecule has 0 saturated heterocycles. The van der Waals surface area contributed by atoms with E-state index < -0.39 is 5.97 Å². The summed E-state index contributed by atoms with van der Waals surface area (Å²) in [6.07, 6.45) is 2.44. The van der Waals surface area contributed by atoms with Crippen molar-refractivity contribution < 1.29 is 19.4 Å². The third-order valence-corrected chi connectivity index (χ3v) is 3.20. The third-order valence-electron chi connectivity index (χ3n) is 3.20. The zero-order valence-electron chi connectivity index (χ0n) is 12.6. The number of amides is 1. The molecule has 1 aromatic rings. The normalized spacial score (nSPS) is 11.7. The van der Waals surface area contributed by atoms with Crippen molar-refractivity contribution in [3.8, 4) is 5.75 Å². The Bertz CT molecular complexity index is 473. The van der Waals surface area contributed by atoms with Crippen LogP contribution >= 0.6 is 0 Å². The zero-order chi connectivity index (χ0) is 15.7. The quantitative estimate of drug-likeness (QED) is 0.733. The lowest BCUT2D eigenvalue weighted by molar-refractivity contribution is -0.137. The molecular weight excluding hydrogens is 270 g/mol. The Kier molecular flexibility index (Phi) is 7.29. The van der Waals surface area contributed by atoms with Crippen LogP contribution in [0.25, 0.3) is 0 Å². The number of benzene rings is 1. The summed E-state index contributed by atoms with van der Waals surface area (Å²) in [7, 11) is 1.60. The molecule has 0 radical (unpaired) electrons. The minimum Gasteiger partial charge on any atom is -0.497 e. The summed E-state index contributed by atoms with van der Waals surface area (Å²) in [4.78, 5) is 22.7. The van der Waals surface area contributed by atoms with Crippen LogP contribution in [0.1, 0.15) is 38.2 Å². The monoisotopic (exact) mass is 293 g/mol. The number of aryl methyl sites for hydroxylation is 1. The van der Waals surface area contributed by atoms with Gasteiger partial charge >= 0.3 is 5.97 Å². The van der Waals surface area contributed by atoms with Crippen molar-refractivity contribution in [2.45, 2.75) is 45.1 Å². The Hall–Kier alpha value is -2.04. The molecule has 1 rings (SSSR count). The summed E-state index contributed by atoms with van der Waals surface area (Å²) in [6.45, 7) is 1.97. The van der Waals surface area contributed by atoms with Gasteiger partial charge in [-0.3, -0.25) is 9.59 Å². The Balaban J connectivity index is 2.46. The standard InChI is InChI=1S/C16H23NO4/c1-3-5-13(11-16(19)20)17-15(18)9-8-12-6-4-7-14(10-12)21-2/h4,6-7,10,13H,3,5,8-9,11H2,1-2H3,(H,17,18)(H,19,20). The first-order chi connectivity index (χ1) is 10.0. The molecule has 0 aromatic heterocycles. The van der Waals surface area contributed by atoms with Gasteiger partial charge in [0, 0.05) is 12.5 Å². The average Bonchev–Trinajstić information content (AvgIpc) is 2.45. The van der Waals surface area contributed by atoms with Crippen LogP contribution in [0.5, 0.6) is 5.75 Å². The molecule has 0 aliphatic rings. The molecular formula is C16H23NO4. The van der Waals surface area contributed by atoms with E-state index in [1.807, 2.05) is 31.2 Å². The average molecular weight is 293 g/mol. The molecule has 0 aliphatic carbocycles. The maximum atomic E-state index is 11.9. The topological polar surface area (TPSA) is 75.6 Å². The van der Waals surface area contributed by atoms with Gasteiger partial charge in [0.05, 0.1) is 13.5 Å². The molecule has 0 heterocycles. The molecule has 0 fully saturated rings. The number of hydrogen-bond acceptors (Lipinski definition) is 3. The summed E-state index contributed by atoms with van der Waals surface area (Å²) in [5.74, 6) is -0.235. The van der Waals surface area contributed by atoms with E-state index in [4.69, 9.17) is 9.84 Å². The van der Waals surface area contributed by atoms with Crippen LogP contribution in [0.3, 0.4) is 0 Å². The summed E-state index contributed by atoms with van der Waals surface area (Å²) in [5, 5.41) is 11.6. The van der Waals surface area contributed by atoms with Crippen LogP contribution in [-0.4, -0.2) is 30.1 Å². The second-order valence-corrected chi connectivity index (χ2v) is 5.00. The molecule has 0 bridgehead atoms. The minimum absolute atomic E-state index is 0.0290. The molecule has 2 N–H and O–H groups in total. The lowest BCUT2D eigenvalue weighted by Gasteiger charge is -2.16. The van der Waals surface area contributed by atoms with Crippen LogP contribution in [0, 0.1) is 0 Å². The number of carbonyl (C=O) groups excluding carboxylic acids is 1. The summed E-state index contributed by atoms with van der Waals surface area (Å²) < 4.78 is 5.14. The molecule has 5 nitrogen and oxygen atoms in total. The van der Waals surface area contributed by atoms with Gasteiger partial charge in [-0.25, -0.2) is 0 Å². The third kappa shape index (κ3) is 6.79. The van der Waals surface area contributed by atoms with Crippen LogP contribution < -0.4 is 10.1 Å². The first kappa shape index (κ1) is 17.0. The number of carboxylic acid groups (broad SMARTS) is 1. The molecule has 116 valence electrons. The van der Waals surface area contributed by atoms with Crippen molar-refractivity contribution in [1.29, 1.82) is 0 Å². The fourth-order valence-corrected chi connectivity index (χ4v) is 2.17. The number of carboxylic acids is 1. The maximum absolute atomic E-state index is 11.9. The molecule has 1 aromatic carbocycles. The zero-order valence-corrected chi connectivity index (χ0v) is 12.6. The van der Waals surface area contributed by atoms with Crippen LogP contribution in [-0.2, 0) is 16.0 Å². The van der Waals surface area contributed by atoms with Gasteiger partial charge in [0.1, 0.15) is 5.75 Å². The molecule has 21 heavy (non-hydrogen) atoms.